The fourth-order valence-corrected chi connectivity index (χ4v) is 6.39. The van der Waals surface area contributed by atoms with Crippen LogP contribution in [-0.2, 0) is 14.4 Å². The van der Waals surface area contributed by atoms with Gasteiger partial charge in [0.05, 0.1) is 17.4 Å². The summed E-state index contributed by atoms with van der Waals surface area (Å²) in [5, 5.41) is 5.88. The number of ether oxygens (including phenoxy) is 2. The van der Waals surface area contributed by atoms with E-state index in [1.54, 1.807) is 18.2 Å². The number of para-hydroxylation sites is 1. The first-order valence-electron chi connectivity index (χ1n) is 13.8. The molecular formula is C29H31N5O5S. The monoisotopic (exact) mass is 561 g/mol. The van der Waals surface area contributed by atoms with E-state index in [0.717, 1.165) is 31.2 Å². The Hall–Kier alpha value is -3.86. The highest BCUT2D eigenvalue weighted by Gasteiger charge is 2.43. The van der Waals surface area contributed by atoms with Crippen LogP contribution in [0.1, 0.15) is 57.4 Å². The molecule has 0 bridgehead atoms. The number of carbonyl (C=O) groups excluding carboxylic acids is 3. The molecule has 3 aliphatic heterocycles. The van der Waals surface area contributed by atoms with Gasteiger partial charge in [-0.05, 0) is 43.5 Å². The second kappa shape index (κ2) is 11.3. The molecule has 2 aromatic carbocycles. The smallest absolute Gasteiger partial charge is 0.259 e. The zero-order valence-corrected chi connectivity index (χ0v) is 23.0. The van der Waals surface area contributed by atoms with Crippen molar-refractivity contribution in [3.63, 3.8) is 0 Å². The highest BCUT2D eigenvalue weighted by molar-refractivity contribution is 8.15. The third-order valence-corrected chi connectivity index (χ3v) is 8.76. The minimum atomic E-state index is -0.835. The second-order valence-corrected chi connectivity index (χ2v) is 11.4. The van der Waals surface area contributed by atoms with E-state index in [0.29, 0.717) is 40.3 Å². The van der Waals surface area contributed by atoms with E-state index in [4.69, 9.17) is 19.5 Å². The van der Waals surface area contributed by atoms with Crippen LogP contribution in [0.4, 0.5) is 11.4 Å². The van der Waals surface area contributed by atoms with Crippen molar-refractivity contribution in [3.05, 3.63) is 48.0 Å². The van der Waals surface area contributed by atoms with E-state index in [-0.39, 0.29) is 37.0 Å². The van der Waals surface area contributed by atoms with Crippen molar-refractivity contribution in [2.45, 2.75) is 69.2 Å². The largest absolute Gasteiger partial charge is 0.454 e. The van der Waals surface area contributed by atoms with Gasteiger partial charge in [0.25, 0.3) is 5.91 Å². The molecular weight excluding hydrogens is 530 g/mol. The molecule has 6 rings (SSSR count). The minimum absolute atomic E-state index is 0.0166. The number of nitrogens with zero attached hydrogens (tertiary/aromatic N) is 3. The normalized spacial score (nSPS) is 20.3. The average molecular weight is 562 g/mol. The summed E-state index contributed by atoms with van der Waals surface area (Å²) in [4.78, 5) is 50.7. The summed E-state index contributed by atoms with van der Waals surface area (Å²) in [6, 6.07) is 12.0. The van der Waals surface area contributed by atoms with Crippen LogP contribution in [0.2, 0.25) is 0 Å². The SMILES string of the molecule is CC[C@H](SC1=Nc2ccccc2C2=N[C@@H](CC(=O)NC3CCCCC3)C(=O)N12)C(=O)Nc1ccc2c(c1)OCO2. The van der Waals surface area contributed by atoms with Crippen LogP contribution in [-0.4, -0.2) is 57.8 Å². The Morgan fingerprint density at radius 3 is 2.73 bits per heavy atom. The number of benzene rings is 2. The van der Waals surface area contributed by atoms with Crippen molar-refractivity contribution in [1.29, 1.82) is 0 Å². The first kappa shape index (κ1) is 26.4. The highest BCUT2D eigenvalue weighted by Crippen LogP contribution is 2.37. The van der Waals surface area contributed by atoms with Gasteiger partial charge in [-0.15, -0.1) is 0 Å². The van der Waals surface area contributed by atoms with Crippen LogP contribution >= 0.6 is 11.8 Å². The molecule has 4 aliphatic rings. The van der Waals surface area contributed by atoms with Gasteiger partial charge in [0.1, 0.15) is 11.9 Å². The molecule has 10 nitrogen and oxygen atoms in total. The lowest BCUT2D eigenvalue weighted by atomic mass is 9.95. The number of thioether (sulfide) groups is 1. The molecule has 40 heavy (non-hydrogen) atoms. The maximum Gasteiger partial charge on any atom is 0.259 e. The number of rotatable bonds is 7. The van der Waals surface area contributed by atoms with Crippen LogP contribution in [0.5, 0.6) is 11.5 Å². The fourth-order valence-electron chi connectivity index (χ4n) is 5.37. The number of nitrogens with one attached hydrogen (secondary N) is 2. The van der Waals surface area contributed by atoms with Gasteiger partial charge in [0, 0.05) is 23.4 Å². The number of aliphatic imine (C=N–C) groups is 2. The molecule has 1 fully saturated rings. The summed E-state index contributed by atoms with van der Waals surface area (Å²) in [6.07, 6.45) is 5.84. The van der Waals surface area contributed by atoms with Crippen LogP contribution in [0, 0.1) is 0 Å². The quantitative estimate of drug-likeness (QED) is 0.518. The number of amides is 3. The van der Waals surface area contributed by atoms with E-state index >= 15 is 0 Å². The Balaban J connectivity index is 1.19. The first-order chi connectivity index (χ1) is 19.5. The Morgan fingerprint density at radius 2 is 1.90 bits per heavy atom. The summed E-state index contributed by atoms with van der Waals surface area (Å²) < 4.78 is 10.8. The van der Waals surface area contributed by atoms with Crippen molar-refractivity contribution in [2.75, 3.05) is 12.1 Å². The fraction of sp³-hybridized carbons (Fsp3) is 0.414. The van der Waals surface area contributed by atoms with Gasteiger partial charge in [-0.3, -0.25) is 19.4 Å². The Labute approximate surface area is 236 Å². The number of hydrogen-bond acceptors (Lipinski definition) is 8. The lowest BCUT2D eigenvalue weighted by Gasteiger charge is -2.27. The zero-order valence-electron chi connectivity index (χ0n) is 22.2. The maximum atomic E-state index is 13.6. The van der Waals surface area contributed by atoms with Crippen molar-refractivity contribution >= 4 is 51.9 Å². The van der Waals surface area contributed by atoms with Gasteiger partial charge in [0.2, 0.25) is 18.6 Å². The van der Waals surface area contributed by atoms with Gasteiger partial charge in [0.15, 0.2) is 16.7 Å². The molecule has 208 valence electrons. The summed E-state index contributed by atoms with van der Waals surface area (Å²) in [6.45, 7) is 2.06. The van der Waals surface area contributed by atoms with Gasteiger partial charge >= 0.3 is 0 Å². The predicted octanol–water partition coefficient (Wildman–Crippen LogP) is 4.36. The van der Waals surface area contributed by atoms with Crippen LogP contribution in [0.25, 0.3) is 0 Å². The summed E-state index contributed by atoms with van der Waals surface area (Å²) >= 11 is 1.22. The molecule has 3 heterocycles. The van der Waals surface area contributed by atoms with E-state index in [1.807, 2.05) is 31.2 Å². The van der Waals surface area contributed by atoms with Gasteiger partial charge in [-0.25, -0.2) is 9.89 Å². The van der Waals surface area contributed by atoms with E-state index in [2.05, 4.69) is 10.6 Å². The molecule has 0 unspecified atom stereocenters. The summed E-state index contributed by atoms with van der Waals surface area (Å²) in [5.41, 5.74) is 1.99. The Bertz CT molecular complexity index is 1400. The molecule has 0 radical (unpaired) electrons. The van der Waals surface area contributed by atoms with Crippen molar-refractivity contribution in [1.82, 2.24) is 10.2 Å². The second-order valence-electron chi connectivity index (χ2n) is 10.2. The van der Waals surface area contributed by atoms with Crippen molar-refractivity contribution in [2.24, 2.45) is 9.98 Å². The molecule has 11 heteroatoms. The van der Waals surface area contributed by atoms with E-state index in [9.17, 15) is 14.4 Å². The van der Waals surface area contributed by atoms with Crippen LogP contribution in [0.15, 0.2) is 52.4 Å². The number of hydrogen-bond donors (Lipinski definition) is 2. The van der Waals surface area contributed by atoms with Crippen molar-refractivity contribution in [3.8, 4) is 11.5 Å². The lowest BCUT2D eigenvalue weighted by molar-refractivity contribution is -0.129. The molecule has 0 aromatic heterocycles. The third kappa shape index (κ3) is 5.30. The molecule has 2 N–H and O–H groups in total. The minimum Gasteiger partial charge on any atom is -0.454 e. The first-order valence-corrected chi connectivity index (χ1v) is 14.6. The molecule has 2 aromatic rings. The topological polar surface area (TPSA) is 122 Å². The summed E-state index contributed by atoms with van der Waals surface area (Å²) in [7, 11) is 0. The third-order valence-electron chi connectivity index (χ3n) is 7.45. The molecule has 0 saturated heterocycles. The number of amidine groups is 2. The predicted molar refractivity (Wildman–Crippen MR) is 153 cm³/mol. The molecule has 3 amide bonds. The van der Waals surface area contributed by atoms with Crippen molar-refractivity contribution < 1.29 is 23.9 Å². The Kier molecular flexibility index (Phi) is 7.46. The van der Waals surface area contributed by atoms with E-state index < -0.39 is 11.3 Å². The number of fused-ring (bicyclic) bond motifs is 4. The standard InChI is InChI=1S/C29H31N5O5S/c1-2-24(27(36)31-18-12-13-22-23(14-18)39-16-38-22)40-29-33-20-11-7-6-10-19(20)26-32-21(28(37)34(26)29)15-25(35)30-17-8-4-3-5-9-17/h6-7,10-14,17,21,24H,2-5,8-9,15-16H2,1H3,(H,30,35)(H,31,36)/t21-,24-/m0/s1. The maximum absolute atomic E-state index is 13.6. The van der Waals surface area contributed by atoms with Crippen LogP contribution < -0.4 is 20.1 Å². The van der Waals surface area contributed by atoms with Crippen LogP contribution in [0.3, 0.4) is 0 Å². The summed E-state index contributed by atoms with van der Waals surface area (Å²) in [5.74, 6) is 0.995. The zero-order chi connectivity index (χ0) is 27.6. The number of carbonyl (C=O) groups is 3. The molecule has 1 saturated carbocycles. The Morgan fingerprint density at radius 1 is 1.10 bits per heavy atom. The van der Waals surface area contributed by atoms with E-state index in [1.165, 1.54) is 23.1 Å². The average Bonchev–Trinajstić information content (AvgIpc) is 3.56. The highest BCUT2D eigenvalue weighted by atomic mass is 32.2. The lowest BCUT2D eigenvalue weighted by Crippen LogP contribution is -2.44. The van der Waals surface area contributed by atoms with Gasteiger partial charge in [-0.2, -0.15) is 0 Å². The van der Waals surface area contributed by atoms with Gasteiger partial charge < -0.3 is 20.1 Å². The molecule has 0 spiro atoms. The van der Waals surface area contributed by atoms with Gasteiger partial charge in [-0.1, -0.05) is 50.1 Å². The molecule has 2 atom stereocenters. The molecule has 1 aliphatic carbocycles. The number of anilines is 1.